The zero-order chi connectivity index (χ0) is 12.4. The first-order valence-corrected chi connectivity index (χ1v) is 6.28. The molecule has 3 heteroatoms. The molecule has 18 heavy (non-hydrogen) atoms. The largest absolute Gasteiger partial charge is 0.392 e. The van der Waals surface area contributed by atoms with E-state index in [2.05, 4.69) is 22.5 Å². The maximum absolute atomic E-state index is 9.46. The zero-order valence-electron chi connectivity index (χ0n) is 10.1. The van der Waals surface area contributed by atoms with Crippen molar-refractivity contribution in [2.75, 3.05) is 5.32 Å². The number of hydrogen-bond acceptors (Lipinski definition) is 3. The van der Waals surface area contributed by atoms with Crippen molar-refractivity contribution in [3.8, 4) is 0 Å². The summed E-state index contributed by atoms with van der Waals surface area (Å²) < 4.78 is 0. The molecule has 1 aromatic heterocycles. The van der Waals surface area contributed by atoms with Crippen LogP contribution in [0.15, 0.2) is 42.5 Å². The first-order chi connectivity index (χ1) is 8.86. The maximum atomic E-state index is 9.46. The lowest BCUT2D eigenvalue weighted by atomic mass is 10.1. The predicted molar refractivity (Wildman–Crippen MR) is 73.5 cm³/mol. The molecule has 0 amide bonds. The Morgan fingerprint density at radius 3 is 2.78 bits per heavy atom. The third-order valence-corrected chi connectivity index (χ3v) is 3.32. The number of aliphatic hydroxyl groups is 1. The fourth-order valence-electron chi connectivity index (χ4n) is 2.33. The van der Waals surface area contributed by atoms with E-state index in [0.29, 0.717) is 6.04 Å². The summed E-state index contributed by atoms with van der Waals surface area (Å²) >= 11 is 0. The molecule has 0 saturated heterocycles. The second kappa shape index (κ2) is 4.78. The summed E-state index contributed by atoms with van der Waals surface area (Å²) in [5, 5.41) is 13.9. The Balaban J connectivity index is 1.98. The number of anilines is 1. The van der Waals surface area contributed by atoms with E-state index in [1.165, 1.54) is 0 Å². The standard InChI is InChI=1S/C15H16N2O/c18-10-12-9-11-5-1-4-8-14(11)17-15(12)16-13-6-2-3-7-13/h1-5,8-9,13,18H,6-7,10H2,(H,16,17). The quantitative estimate of drug-likeness (QED) is 0.811. The van der Waals surface area contributed by atoms with E-state index in [0.717, 1.165) is 35.1 Å². The second-order valence-electron chi connectivity index (χ2n) is 4.63. The van der Waals surface area contributed by atoms with Crippen molar-refractivity contribution < 1.29 is 5.11 Å². The van der Waals surface area contributed by atoms with Gasteiger partial charge in [0.2, 0.25) is 0 Å². The van der Waals surface area contributed by atoms with Gasteiger partial charge in [-0.3, -0.25) is 0 Å². The van der Waals surface area contributed by atoms with Crippen LogP contribution in [0.25, 0.3) is 10.9 Å². The average molecular weight is 240 g/mol. The maximum Gasteiger partial charge on any atom is 0.132 e. The smallest absolute Gasteiger partial charge is 0.132 e. The first-order valence-electron chi connectivity index (χ1n) is 6.28. The summed E-state index contributed by atoms with van der Waals surface area (Å²) in [6.45, 7) is 0.0142. The number of aliphatic hydroxyl groups excluding tert-OH is 1. The molecule has 1 aromatic carbocycles. The molecule has 0 atom stereocenters. The number of para-hydroxylation sites is 1. The Kier molecular flexibility index (Phi) is 2.99. The summed E-state index contributed by atoms with van der Waals surface area (Å²) in [4.78, 5) is 4.61. The summed E-state index contributed by atoms with van der Waals surface area (Å²) in [7, 11) is 0. The van der Waals surface area contributed by atoms with Gasteiger partial charge in [-0.05, 0) is 25.0 Å². The van der Waals surface area contributed by atoms with Gasteiger partial charge in [-0.2, -0.15) is 0 Å². The minimum atomic E-state index is 0.0142. The third-order valence-electron chi connectivity index (χ3n) is 3.32. The third kappa shape index (κ3) is 2.09. The molecule has 0 aliphatic heterocycles. The summed E-state index contributed by atoms with van der Waals surface area (Å²) in [6, 6.07) is 10.4. The lowest BCUT2D eigenvalue weighted by molar-refractivity contribution is 0.282. The van der Waals surface area contributed by atoms with Gasteiger partial charge in [0.15, 0.2) is 0 Å². The minimum Gasteiger partial charge on any atom is -0.392 e. The highest BCUT2D eigenvalue weighted by atomic mass is 16.3. The highest BCUT2D eigenvalue weighted by Gasteiger charge is 2.13. The Morgan fingerprint density at radius 1 is 1.22 bits per heavy atom. The van der Waals surface area contributed by atoms with Gasteiger partial charge in [0.05, 0.1) is 12.1 Å². The van der Waals surface area contributed by atoms with Crippen molar-refractivity contribution in [3.05, 3.63) is 48.0 Å². The van der Waals surface area contributed by atoms with Crippen molar-refractivity contribution in [2.45, 2.75) is 25.5 Å². The van der Waals surface area contributed by atoms with Crippen molar-refractivity contribution in [3.63, 3.8) is 0 Å². The number of hydrogen-bond donors (Lipinski definition) is 2. The minimum absolute atomic E-state index is 0.0142. The van der Waals surface area contributed by atoms with Crippen LogP contribution in [0.5, 0.6) is 0 Å². The van der Waals surface area contributed by atoms with Gasteiger partial charge < -0.3 is 10.4 Å². The summed E-state index contributed by atoms with van der Waals surface area (Å²) in [5.41, 5.74) is 1.82. The number of fused-ring (bicyclic) bond motifs is 1. The Hall–Kier alpha value is -1.87. The highest BCUT2D eigenvalue weighted by Crippen LogP contribution is 2.23. The topological polar surface area (TPSA) is 45.2 Å². The molecule has 0 unspecified atom stereocenters. The van der Waals surface area contributed by atoms with Gasteiger partial charge >= 0.3 is 0 Å². The molecule has 1 aliphatic carbocycles. The lowest BCUT2D eigenvalue weighted by Crippen LogP contribution is -2.17. The van der Waals surface area contributed by atoms with Crippen molar-refractivity contribution in [1.82, 2.24) is 4.98 Å². The van der Waals surface area contributed by atoms with E-state index in [1.807, 2.05) is 30.3 Å². The number of rotatable bonds is 3. The molecule has 0 spiro atoms. The van der Waals surface area contributed by atoms with E-state index in [-0.39, 0.29) is 6.61 Å². The van der Waals surface area contributed by atoms with Gasteiger partial charge in [0, 0.05) is 17.0 Å². The summed E-state index contributed by atoms with van der Waals surface area (Å²) in [5.74, 6) is 0.810. The van der Waals surface area contributed by atoms with Gasteiger partial charge in [0.1, 0.15) is 5.82 Å². The Morgan fingerprint density at radius 2 is 2.00 bits per heavy atom. The molecule has 3 nitrogen and oxygen atoms in total. The van der Waals surface area contributed by atoms with Crippen LogP contribution < -0.4 is 5.32 Å². The van der Waals surface area contributed by atoms with Gasteiger partial charge in [-0.25, -0.2) is 4.98 Å². The monoisotopic (exact) mass is 240 g/mol. The van der Waals surface area contributed by atoms with Crippen LogP contribution in [-0.4, -0.2) is 16.1 Å². The molecule has 0 bridgehead atoms. The van der Waals surface area contributed by atoms with Gasteiger partial charge in [-0.15, -0.1) is 0 Å². The number of nitrogens with one attached hydrogen (secondary N) is 1. The number of aromatic nitrogens is 1. The van der Waals surface area contributed by atoms with Crippen LogP contribution in [-0.2, 0) is 6.61 Å². The van der Waals surface area contributed by atoms with Crippen LogP contribution in [0.3, 0.4) is 0 Å². The van der Waals surface area contributed by atoms with E-state index in [1.54, 1.807) is 0 Å². The molecular weight excluding hydrogens is 224 g/mol. The Bertz CT molecular complexity index is 584. The molecule has 2 N–H and O–H groups in total. The number of nitrogens with zero attached hydrogens (tertiary/aromatic N) is 1. The second-order valence-corrected chi connectivity index (χ2v) is 4.63. The SMILES string of the molecule is OCc1cc2ccccc2nc1NC1CC=CC1. The van der Waals surface area contributed by atoms with Crippen LogP contribution in [0.1, 0.15) is 18.4 Å². The molecule has 1 aliphatic rings. The lowest BCUT2D eigenvalue weighted by Gasteiger charge is -2.16. The van der Waals surface area contributed by atoms with Crippen molar-refractivity contribution >= 4 is 16.7 Å². The molecular formula is C15H16N2O. The molecule has 0 saturated carbocycles. The molecule has 2 aromatic rings. The van der Waals surface area contributed by atoms with Crippen molar-refractivity contribution in [2.24, 2.45) is 0 Å². The number of pyridine rings is 1. The van der Waals surface area contributed by atoms with Crippen LogP contribution in [0.4, 0.5) is 5.82 Å². The Labute approximate surface area is 106 Å². The van der Waals surface area contributed by atoms with E-state index in [4.69, 9.17) is 0 Å². The predicted octanol–water partition coefficient (Wildman–Crippen LogP) is 2.86. The molecule has 0 radical (unpaired) electrons. The molecule has 0 fully saturated rings. The fraction of sp³-hybridized carbons (Fsp3) is 0.267. The van der Waals surface area contributed by atoms with Gasteiger partial charge in [-0.1, -0.05) is 30.4 Å². The van der Waals surface area contributed by atoms with Gasteiger partial charge in [0.25, 0.3) is 0 Å². The van der Waals surface area contributed by atoms with Crippen LogP contribution >= 0.6 is 0 Å². The zero-order valence-corrected chi connectivity index (χ0v) is 10.1. The number of benzene rings is 1. The molecule has 1 heterocycles. The highest BCUT2D eigenvalue weighted by molar-refractivity contribution is 5.81. The van der Waals surface area contributed by atoms with Crippen molar-refractivity contribution in [1.29, 1.82) is 0 Å². The normalized spacial score (nSPS) is 15.4. The van der Waals surface area contributed by atoms with Crippen LogP contribution in [0, 0.1) is 0 Å². The van der Waals surface area contributed by atoms with E-state index >= 15 is 0 Å². The average Bonchev–Trinajstić information content (AvgIpc) is 2.91. The van der Waals surface area contributed by atoms with Crippen LogP contribution in [0.2, 0.25) is 0 Å². The fourth-order valence-corrected chi connectivity index (χ4v) is 2.33. The van der Waals surface area contributed by atoms with E-state index in [9.17, 15) is 5.11 Å². The summed E-state index contributed by atoms with van der Waals surface area (Å²) in [6.07, 6.45) is 6.41. The van der Waals surface area contributed by atoms with E-state index < -0.39 is 0 Å². The molecule has 3 rings (SSSR count). The molecule has 92 valence electrons. The first kappa shape index (κ1) is 11.2.